The van der Waals surface area contributed by atoms with Gasteiger partial charge in [-0.2, -0.15) is 15.3 Å². The number of para-hydroxylation sites is 6. The number of nitrogens with one attached hydrogen (secondary N) is 3. The van der Waals surface area contributed by atoms with Crippen LogP contribution in [0.1, 0.15) is 108 Å². The van der Waals surface area contributed by atoms with Gasteiger partial charge in [0.05, 0.1) is 44.6 Å². The lowest BCUT2D eigenvalue weighted by atomic mass is 10.1. The van der Waals surface area contributed by atoms with Gasteiger partial charge in [0.15, 0.2) is 54.3 Å². The van der Waals surface area contributed by atoms with Crippen molar-refractivity contribution in [1.29, 1.82) is 0 Å². The number of nitrogens with zero attached hydrogens (tertiary/aromatic N) is 6. The number of nitrogens with two attached hydrogens (primary N) is 1. The minimum absolute atomic E-state index is 0.0322. The predicted octanol–water partition coefficient (Wildman–Crippen LogP) is 12.7. The lowest BCUT2D eigenvalue weighted by Gasteiger charge is -2.24. The Morgan fingerprint density at radius 1 is 0.456 bits per heavy atom. The minimum Gasteiger partial charge on any atom is -0.507 e. The number of ether oxygens (including phenoxy) is 6. The Balaban J connectivity index is 0.000000181. The number of hydrazone groups is 3. The normalized spacial score (nSPS) is 14.6. The van der Waals surface area contributed by atoms with E-state index < -0.39 is 57.3 Å². The zero-order valence-electron chi connectivity index (χ0n) is 62.1. The van der Waals surface area contributed by atoms with Crippen LogP contribution in [-0.4, -0.2) is 147 Å². The molecule has 0 aliphatic carbocycles. The summed E-state index contributed by atoms with van der Waals surface area (Å²) in [6, 6.07) is 51.0. The number of aromatic hydroxyl groups is 3. The first kappa shape index (κ1) is 83.5. The number of halogens is 3. The van der Waals surface area contributed by atoms with Crippen molar-refractivity contribution in [2.45, 2.75) is 49.4 Å². The van der Waals surface area contributed by atoms with Crippen molar-refractivity contribution in [2.24, 2.45) is 21.0 Å². The van der Waals surface area contributed by atoms with E-state index in [2.05, 4.69) is 37.8 Å². The second-order valence-corrected chi connectivity index (χ2v) is 28.3. The van der Waals surface area contributed by atoms with Gasteiger partial charge < -0.3 is 65.4 Å². The minimum atomic E-state index is -0.736. The van der Waals surface area contributed by atoms with Gasteiger partial charge in [-0.05, 0) is 148 Å². The monoisotopic (exact) mass is 1610 g/mol. The number of hydrogen-bond acceptors (Lipinski definition) is 23. The summed E-state index contributed by atoms with van der Waals surface area (Å²) in [6.07, 6.45) is 0.223. The molecular weight excluding hydrogens is 1530 g/mol. The molecule has 3 unspecified atom stereocenters. The maximum absolute atomic E-state index is 13.6. The number of benzene rings is 9. The third-order valence-corrected chi connectivity index (χ3v) is 20.2. The number of carbonyl (C=O) groups is 7. The van der Waals surface area contributed by atoms with Crippen LogP contribution >= 0.6 is 35.3 Å². The van der Waals surface area contributed by atoms with Gasteiger partial charge in [0.2, 0.25) is 0 Å². The van der Waals surface area contributed by atoms with Crippen LogP contribution in [0.5, 0.6) is 51.7 Å². The molecule has 0 radical (unpaired) electrons. The highest BCUT2D eigenvalue weighted by Gasteiger charge is 2.41. The molecule has 0 saturated heterocycles. The first-order chi connectivity index (χ1) is 54.8. The number of phenols is 3. The maximum Gasteiger partial charge on any atom is 0.279 e. The van der Waals surface area contributed by atoms with Crippen LogP contribution in [0.15, 0.2) is 228 Å². The van der Waals surface area contributed by atoms with Gasteiger partial charge in [-0.15, -0.1) is 0 Å². The van der Waals surface area contributed by atoms with E-state index in [1.165, 1.54) is 151 Å². The number of phenolic OH excluding ortho intramolecular Hbond substituents is 3. The Hall–Kier alpha value is -12.9. The fourth-order valence-electron chi connectivity index (χ4n) is 11.2. The van der Waals surface area contributed by atoms with Crippen molar-refractivity contribution in [2.75, 3.05) is 54.2 Å². The topological polar surface area (TPSA) is 344 Å². The molecule has 0 spiro atoms. The number of rotatable bonds is 27. The summed E-state index contributed by atoms with van der Waals surface area (Å²) in [6.45, 7) is 8.17. The number of thioether (sulfide) groups is 3. The molecule has 9 aromatic rings. The fraction of sp³-hybridized carbons (Fsp3) is 0.195. The quantitative estimate of drug-likeness (QED) is 0.0251. The Bertz CT molecular complexity index is 5140. The number of hydrogen-bond donors (Lipinski definition) is 7. The van der Waals surface area contributed by atoms with Crippen molar-refractivity contribution in [3.05, 3.63) is 280 Å². The fourth-order valence-corrected chi connectivity index (χ4v) is 14.7. The molecule has 3 atom stereocenters. The van der Waals surface area contributed by atoms with Crippen LogP contribution in [0.2, 0.25) is 0 Å². The molecule has 3 aliphatic rings. The van der Waals surface area contributed by atoms with Crippen molar-refractivity contribution >= 4 is 91.6 Å². The van der Waals surface area contributed by atoms with Crippen LogP contribution in [-0.2, 0) is 19.2 Å². The van der Waals surface area contributed by atoms with E-state index >= 15 is 0 Å². The van der Waals surface area contributed by atoms with E-state index in [1.807, 2.05) is 13.8 Å². The molecule has 26 nitrogen and oxygen atoms in total. The van der Waals surface area contributed by atoms with Gasteiger partial charge in [0, 0.05) is 58.1 Å². The molecule has 8 N–H and O–H groups in total. The standard InChI is InChI=1S/C28H26FN3O6S.C27H25FN4O5S.C27H26FN3O5S/c1-17(33)14-15-30-24(35)16-38-23-9-5-7-21(25(23)37-2)28-32(27(36)20-6-3-4-8-22(20)34)31-26(39-28)18-10-12-19(29)13-11-18;1-16(29)14-30-23(34)15-37-22-9-5-7-20(24(22)36-2)27-32(26(35)19-6-3-4-8-21(19)33)31-25(38-27)17-10-12-18(28)13-11-17;1-16(2)29-23(33)15-36-22-10-6-8-20(24(22)35-3)27-31(26(34)19-7-4-5-9-21(19)32)30-25(37-27)17-11-13-18(28)14-12-17/h3-13,28,34H,14-16H2,1-2H3,(H,30,35);3-13,27,33H,1,14-15,29H2,2H3,(H,30,34);4-14,16,27,32H,15H2,1-3H3,(H,29,33). The van der Waals surface area contributed by atoms with Crippen LogP contribution in [0.3, 0.4) is 0 Å². The van der Waals surface area contributed by atoms with Crippen LogP contribution in [0.25, 0.3) is 0 Å². The SMILES string of the molecule is C=C(N)CNC(=O)COc1cccc(C2SC(c3ccc(F)cc3)=NN2C(=O)c2ccccc2O)c1OC.COc1c(OCC(=O)NC(C)C)cccc1C1SC(c2ccc(F)cc2)=NN1C(=O)c1ccccc1O.COc1c(OCC(=O)NCCC(C)=O)cccc1C1SC(c2ccc(F)cc2)=NN1C(=O)c1ccccc1O. The molecule has 590 valence electrons. The van der Waals surface area contributed by atoms with Crippen molar-refractivity contribution in [3.63, 3.8) is 0 Å². The first-order valence-electron chi connectivity index (χ1n) is 34.9. The van der Waals surface area contributed by atoms with Gasteiger partial charge in [-0.25, -0.2) is 28.2 Å². The van der Waals surface area contributed by atoms with E-state index in [9.17, 15) is 62.1 Å². The first-order valence-corrected chi connectivity index (χ1v) is 37.5. The molecule has 12 rings (SSSR count). The average Bonchev–Trinajstić information content (AvgIpc) is 1.64. The molecule has 32 heteroatoms. The lowest BCUT2D eigenvalue weighted by molar-refractivity contribution is -0.124. The summed E-state index contributed by atoms with van der Waals surface area (Å²) >= 11 is 3.75. The number of methoxy groups -OCH3 is 3. The van der Waals surface area contributed by atoms with Gasteiger partial charge in [0.25, 0.3) is 35.4 Å². The summed E-state index contributed by atoms with van der Waals surface area (Å²) in [5, 5.41) is 55.5. The van der Waals surface area contributed by atoms with Crippen LogP contribution in [0.4, 0.5) is 13.2 Å². The molecule has 6 amide bonds. The highest BCUT2D eigenvalue weighted by atomic mass is 32.2. The second-order valence-electron chi connectivity index (χ2n) is 25.1. The molecular formula is C82H77F3N10O16S3. The van der Waals surface area contributed by atoms with E-state index in [0.717, 1.165) is 0 Å². The summed E-state index contributed by atoms with van der Waals surface area (Å²) in [7, 11) is 4.35. The second kappa shape index (κ2) is 39.3. The lowest BCUT2D eigenvalue weighted by Crippen LogP contribution is -2.34. The third-order valence-electron chi connectivity index (χ3n) is 16.5. The van der Waals surface area contributed by atoms with E-state index in [1.54, 1.807) is 127 Å². The Morgan fingerprint density at radius 2 is 0.763 bits per heavy atom. The summed E-state index contributed by atoms with van der Waals surface area (Å²) in [5.41, 5.74) is 9.46. The van der Waals surface area contributed by atoms with Crippen molar-refractivity contribution in [3.8, 4) is 51.7 Å². The number of ketones is 1. The highest BCUT2D eigenvalue weighted by molar-refractivity contribution is 8.15. The van der Waals surface area contributed by atoms with Gasteiger partial charge in [0.1, 0.15) is 71.7 Å². The van der Waals surface area contributed by atoms with E-state index in [0.29, 0.717) is 71.5 Å². The van der Waals surface area contributed by atoms with Gasteiger partial charge in [-0.3, -0.25) is 33.6 Å². The summed E-state index contributed by atoms with van der Waals surface area (Å²) in [5.74, 6) is -2.74. The Labute approximate surface area is 665 Å². The largest absolute Gasteiger partial charge is 0.507 e. The van der Waals surface area contributed by atoms with Gasteiger partial charge >= 0.3 is 0 Å². The van der Waals surface area contributed by atoms with Crippen molar-refractivity contribution in [1.82, 2.24) is 31.0 Å². The summed E-state index contributed by atoms with van der Waals surface area (Å²) in [4.78, 5) is 88.2. The van der Waals surface area contributed by atoms with E-state index in [-0.39, 0.29) is 114 Å². The molecule has 3 aliphatic heterocycles. The molecule has 9 aromatic carbocycles. The zero-order chi connectivity index (χ0) is 81.7. The number of carbonyl (C=O) groups excluding carboxylic acids is 7. The smallest absolute Gasteiger partial charge is 0.279 e. The van der Waals surface area contributed by atoms with E-state index in [4.69, 9.17) is 34.2 Å². The summed E-state index contributed by atoms with van der Waals surface area (Å²) < 4.78 is 74.7. The Morgan fingerprint density at radius 3 is 1.05 bits per heavy atom. The molecule has 0 fully saturated rings. The van der Waals surface area contributed by atoms with Crippen molar-refractivity contribution < 1.29 is 90.5 Å². The van der Waals surface area contributed by atoms with Crippen LogP contribution in [0, 0.1) is 17.5 Å². The molecule has 0 bridgehead atoms. The zero-order valence-corrected chi connectivity index (χ0v) is 64.5. The number of amides is 6. The molecule has 114 heavy (non-hydrogen) atoms. The molecule has 3 heterocycles. The number of Topliss-reactive ketones (excluding diaryl/α,β-unsaturated/α-hetero) is 1. The average molecular weight is 1610 g/mol. The molecule has 0 aromatic heterocycles. The third kappa shape index (κ3) is 21.2. The van der Waals surface area contributed by atoms with Gasteiger partial charge in [-0.1, -0.05) is 115 Å². The van der Waals surface area contributed by atoms with Crippen LogP contribution < -0.4 is 50.1 Å². The Kier molecular flexibility index (Phi) is 28.8. The maximum atomic E-state index is 13.6. The molecule has 0 saturated carbocycles. The highest BCUT2D eigenvalue weighted by Crippen LogP contribution is 2.51. The predicted molar refractivity (Wildman–Crippen MR) is 426 cm³/mol.